The molecule has 1 saturated heterocycles. The van der Waals surface area contributed by atoms with Crippen LogP contribution in [0.25, 0.3) is 0 Å². The molecule has 1 amide bonds. The van der Waals surface area contributed by atoms with Crippen molar-refractivity contribution in [1.82, 2.24) is 10.2 Å². The van der Waals surface area contributed by atoms with Crippen molar-refractivity contribution in [2.45, 2.75) is 33.1 Å². The molecule has 0 spiro atoms. The summed E-state index contributed by atoms with van der Waals surface area (Å²) in [5, 5.41) is 2.69. The third-order valence-corrected chi connectivity index (χ3v) is 3.45. The Balaban J connectivity index is 2.35. The molecule has 0 radical (unpaired) electrons. The Morgan fingerprint density at radius 2 is 2.13 bits per heavy atom. The zero-order valence-electron chi connectivity index (χ0n) is 10.3. The van der Waals surface area contributed by atoms with E-state index in [9.17, 15) is 4.79 Å². The molecular formula is C12H24N2O. The molecule has 0 aromatic rings. The maximum Gasteiger partial charge on any atom is 0.233 e. The van der Waals surface area contributed by atoms with Gasteiger partial charge in [0.25, 0.3) is 0 Å². The summed E-state index contributed by atoms with van der Waals surface area (Å²) >= 11 is 0. The molecule has 1 rings (SSSR count). The van der Waals surface area contributed by atoms with Crippen LogP contribution in [0.5, 0.6) is 0 Å². The number of carbonyl (C=O) groups is 1. The summed E-state index contributed by atoms with van der Waals surface area (Å²) in [5.41, 5.74) is 0. The van der Waals surface area contributed by atoms with Crippen molar-refractivity contribution in [2.75, 3.05) is 26.7 Å². The highest BCUT2D eigenvalue weighted by molar-refractivity contribution is 5.77. The molecule has 0 unspecified atom stereocenters. The SMILES string of the molecule is CNC(=O)CN1CCC[C@H](C(C)C)CC1. The predicted molar refractivity (Wildman–Crippen MR) is 62.7 cm³/mol. The fraction of sp³-hybridized carbons (Fsp3) is 0.917. The number of amides is 1. The van der Waals surface area contributed by atoms with E-state index in [1.54, 1.807) is 7.05 Å². The normalized spacial score (nSPS) is 23.9. The maximum atomic E-state index is 11.3. The third kappa shape index (κ3) is 4.20. The molecular weight excluding hydrogens is 188 g/mol. The minimum atomic E-state index is 0.137. The van der Waals surface area contributed by atoms with Crippen LogP contribution in [0.2, 0.25) is 0 Å². The molecule has 3 heteroatoms. The number of nitrogens with zero attached hydrogens (tertiary/aromatic N) is 1. The van der Waals surface area contributed by atoms with Crippen LogP contribution in [0.1, 0.15) is 33.1 Å². The number of rotatable bonds is 3. The van der Waals surface area contributed by atoms with Gasteiger partial charge in [0.15, 0.2) is 0 Å². The van der Waals surface area contributed by atoms with E-state index >= 15 is 0 Å². The van der Waals surface area contributed by atoms with Crippen molar-refractivity contribution in [3.8, 4) is 0 Å². The molecule has 15 heavy (non-hydrogen) atoms. The van der Waals surface area contributed by atoms with Crippen molar-refractivity contribution in [2.24, 2.45) is 11.8 Å². The van der Waals surface area contributed by atoms with Gasteiger partial charge in [0.05, 0.1) is 6.54 Å². The van der Waals surface area contributed by atoms with Gasteiger partial charge < -0.3 is 5.32 Å². The van der Waals surface area contributed by atoms with E-state index in [4.69, 9.17) is 0 Å². The van der Waals surface area contributed by atoms with Crippen molar-refractivity contribution in [3.63, 3.8) is 0 Å². The quantitative estimate of drug-likeness (QED) is 0.768. The topological polar surface area (TPSA) is 32.3 Å². The highest BCUT2D eigenvalue weighted by Gasteiger charge is 2.20. The second kappa shape index (κ2) is 6.11. The van der Waals surface area contributed by atoms with Gasteiger partial charge in [-0.3, -0.25) is 9.69 Å². The monoisotopic (exact) mass is 212 g/mol. The van der Waals surface area contributed by atoms with E-state index in [0.29, 0.717) is 6.54 Å². The minimum Gasteiger partial charge on any atom is -0.358 e. The van der Waals surface area contributed by atoms with Gasteiger partial charge in [-0.25, -0.2) is 0 Å². The van der Waals surface area contributed by atoms with Gasteiger partial charge in [-0.1, -0.05) is 13.8 Å². The van der Waals surface area contributed by atoms with Crippen molar-refractivity contribution in [1.29, 1.82) is 0 Å². The fourth-order valence-electron chi connectivity index (χ4n) is 2.29. The van der Waals surface area contributed by atoms with Crippen LogP contribution < -0.4 is 5.32 Å². The summed E-state index contributed by atoms with van der Waals surface area (Å²) in [4.78, 5) is 13.5. The molecule has 0 aromatic carbocycles. The predicted octanol–water partition coefficient (Wildman–Crippen LogP) is 1.49. The smallest absolute Gasteiger partial charge is 0.233 e. The molecule has 1 aliphatic heterocycles. The van der Waals surface area contributed by atoms with E-state index in [0.717, 1.165) is 24.9 Å². The summed E-state index contributed by atoms with van der Waals surface area (Å²) in [7, 11) is 1.71. The lowest BCUT2D eigenvalue weighted by molar-refractivity contribution is -0.121. The zero-order chi connectivity index (χ0) is 11.3. The molecule has 0 saturated carbocycles. The molecule has 1 heterocycles. The van der Waals surface area contributed by atoms with E-state index in [1.807, 2.05) is 0 Å². The first kappa shape index (κ1) is 12.5. The summed E-state index contributed by atoms with van der Waals surface area (Å²) < 4.78 is 0. The van der Waals surface area contributed by atoms with Crippen LogP contribution in [0, 0.1) is 11.8 Å². The number of hydrogen-bond donors (Lipinski definition) is 1. The first-order valence-electron chi connectivity index (χ1n) is 6.06. The Hall–Kier alpha value is -0.570. The standard InChI is InChI=1S/C12H24N2O/c1-10(2)11-5-4-7-14(8-6-11)9-12(15)13-3/h10-11H,4-9H2,1-3H3,(H,13,15)/t11-/m0/s1. The number of carbonyl (C=O) groups excluding carboxylic acids is 1. The van der Waals surface area contributed by atoms with E-state index in [-0.39, 0.29) is 5.91 Å². The number of hydrogen-bond acceptors (Lipinski definition) is 2. The molecule has 0 aromatic heterocycles. The van der Waals surface area contributed by atoms with Crippen LogP contribution in [0.3, 0.4) is 0 Å². The van der Waals surface area contributed by atoms with Crippen LogP contribution >= 0.6 is 0 Å². The Morgan fingerprint density at radius 3 is 2.73 bits per heavy atom. The summed E-state index contributed by atoms with van der Waals surface area (Å²) in [5.74, 6) is 1.77. The molecule has 88 valence electrons. The van der Waals surface area contributed by atoms with Crippen LogP contribution in [0.4, 0.5) is 0 Å². The van der Waals surface area contributed by atoms with E-state index in [1.165, 1.54) is 19.3 Å². The van der Waals surface area contributed by atoms with Crippen LogP contribution in [-0.2, 0) is 4.79 Å². The molecule has 1 N–H and O–H groups in total. The van der Waals surface area contributed by atoms with Gasteiger partial charge in [-0.2, -0.15) is 0 Å². The molecule has 0 aliphatic carbocycles. The lowest BCUT2D eigenvalue weighted by Gasteiger charge is -2.20. The average Bonchev–Trinajstić information content (AvgIpc) is 2.43. The second-order valence-corrected chi connectivity index (χ2v) is 4.88. The highest BCUT2D eigenvalue weighted by Crippen LogP contribution is 2.24. The lowest BCUT2D eigenvalue weighted by Crippen LogP contribution is -2.36. The van der Waals surface area contributed by atoms with Crippen molar-refractivity contribution >= 4 is 5.91 Å². The lowest BCUT2D eigenvalue weighted by atomic mass is 9.89. The molecule has 1 fully saturated rings. The minimum absolute atomic E-state index is 0.137. The fourth-order valence-corrected chi connectivity index (χ4v) is 2.29. The molecule has 1 atom stereocenters. The second-order valence-electron chi connectivity index (χ2n) is 4.88. The van der Waals surface area contributed by atoms with Gasteiger partial charge in [0, 0.05) is 7.05 Å². The first-order valence-corrected chi connectivity index (χ1v) is 6.06. The Bertz CT molecular complexity index is 204. The van der Waals surface area contributed by atoms with Gasteiger partial charge in [-0.05, 0) is 44.2 Å². The number of likely N-dealkylation sites (N-methyl/N-ethyl adjacent to an activating group) is 1. The summed E-state index contributed by atoms with van der Waals surface area (Å²) in [6.45, 7) is 7.34. The molecule has 1 aliphatic rings. The maximum absolute atomic E-state index is 11.3. The van der Waals surface area contributed by atoms with Crippen LogP contribution in [0.15, 0.2) is 0 Å². The number of likely N-dealkylation sites (tertiary alicyclic amines) is 1. The Kier molecular flexibility index (Phi) is 5.09. The number of nitrogens with one attached hydrogen (secondary N) is 1. The summed E-state index contributed by atoms with van der Waals surface area (Å²) in [6.07, 6.45) is 3.80. The average molecular weight is 212 g/mol. The Morgan fingerprint density at radius 1 is 1.40 bits per heavy atom. The largest absolute Gasteiger partial charge is 0.358 e. The van der Waals surface area contributed by atoms with Gasteiger partial charge >= 0.3 is 0 Å². The van der Waals surface area contributed by atoms with Crippen molar-refractivity contribution < 1.29 is 4.79 Å². The van der Waals surface area contributed by atoms with Crippen LogP contribution in [-0.4, -0.2) is 37.5 Å². The van der Waals surface area contributed by atoms with Gasteiger partial charge in [-0.15, -0.1) is 0 Å². The van der Waals surface area contributed by atoms with E-state index < -0.39 is 0 Å². The van der Waals surface area contributed by atoms with E-state index in [2.05, 4.69) is 24.1 Å². The first-order chi connectivity index (χ1) is 7.13. The third-order valence-electron chi connectivity index (χ3n) is 3.45. The molecule has 0 bridgehead atoms. The van der Waals surface area contributed by atoms with Gasteiger partial charge in [0.2, 0.25) is 5.91 Å². The van der Waals surface area contributed by atoms with Gasteiger partial charge in [0.1, 0.15) is 0 Å². The summed E-state index contributed by atoms with van der Waals surface area (Å²) in [6, 6.07) is 0. The zero-order valence-corrected chi connectivity index (χ0v) is 10.3. The highest BCUT2D eigenvalue weighted by atomic mass is 16.1. The van der Waals surface area contributed by atoms with Crippen molar-refractivity contribution in [3.05, 3.63) is 0 Å². The Labute approximate surface area is 93.2 Å². The molecule has 3 nitrogen and oxygen atoms in total.